The number of nitrogens with zero attached hydrogens (tertiary/aromatic N) is 1. The van der Waals surface area contributed by atoms with Crippen molar-refractivity contribution in [2.24, 2.45) is 0 Å². The Morgan fingerprint density at radius 2 is 1.85 bits per heavy atom. The number of alkyl halides is 1. The Hall–Kier alpha value is -1.55. The highest BCUT2D eigenvalue weighted by Gasteiger charge is 2.29. The Bertz CT molecular complexity index is 482. The summed E-state index contributed by atoms with van der Waals surface area (Å²) in [4.78, 5) is 25.5. The van der Waals surface area contributed by atoms with E-state index in [9.17, 15) is 9.59 Å². The predicted octanol–water partition coefficient (Wildman–Crippen LogP) is 2.83. The number of esters is 1. The molecule has 0 saturated heterocycles. The first-order valence-electron chi connectivity index (χ1n) is 6.54. The maximum Gasteiger partial charge on any atom is 0.328 e. The highest BCUT2D eigenvalue weighted by Crippen LogP contribution is 2.27. The van der Waals surface area contributed by atoms with Gasteiger partial charge in [-0.25, -0.2) is 4.79 Å². The van der Waals surface area contributed by atoms with Crippen LogP contribution in [0.1, 0.15) is 25.0 Å². The molecule has 1 rings (SSSR count). The number of benzene rings is 1. The first-order chi connectivity index (χ1) is 9.43. The van der Waals surface area contributed by atoms with Gasteiger partial charge in [0.05, 0.1) is 12.3 Å². The molecular weight excluding hydrogens is 278 g/mol. The van der Waals surface area contributed by atoms with Gasteiger partial charge in [0, 0.05) is 0 Å². The maximum atomic E-state index is 12.2. The van der Waals surface area contributed by atoms with Crippen LogP contribution in [0.3, 0.4) is 0 Å². The van der Waals surface area contributed by atoms with Crippen LogP contribution in [0.15, 0.2) is 18.2 Å². The molecule has 1 amide bonds. The number of amides is 1. The first kappa shape index (κ1) is 16.5. The third-order valence-electron chi connectivity index (χ3n) is 3.08. The minimum Gasteiger partial charge on any atom is -0.464 e. The molecule has 5 heteroatoms. The van der Waals surface area contributed by atoms with Gasteiger partial charge in [0.1, 0.15) is 11.9 Å². The zero-order valence-corrected chi connectivity index (χ0v) is 13.0. The number of halogens is 1. The van der Waals surface area contributed by atoms with Crippen LogP contribution in [-0.2, 0) is 14.3 Å². The number of para-hydroxylation sites is 1. The number of hydrogen-bond acceptors (Lipinski definition) is 3. The van der Waals surface area contributed by atoms with Gasteiger partial charge in [0.15, 0.2) is 0 Å². The zero-order valence-electron chi connectivity index (χ0n) is 12.3. The Kier molecular flexibility index (Phi) is 6.02. The predicted molar refractivity (Wildman–Crippen MR) is 80.2 cm³/mol. The molecule has 1 aromatic rings. The van der Waals surface area contributed by atoms with Crippen LogP contribution in [-0.4, -0.2) is 30.4 Å². The molecule has 0 spiro atoms. The SMILES string of the molecule is CCOC(=O)[C@H](C)N(C(=O)CCl)c1c(C)cccc1C. The van der Waals surface area contributed by atoms with E-state index in [0.29, 0.717) is 0 Å². The van der Waals surface area contributed by atoms with E-state index >= 15 is 0 Å². The van der Waals surface area contributed by atoms with E-state index in [0.717, 1.165) is 16.8 Å². The molecule has 0 aliphatic carbocycles. The molecule has 20 heavy (non-hydrogen) atoms. The summed E-state index contributed by atoms with van der Waals surface area (Å²) in [5.74, 6) is -0.935. The topological polar surface area (TPSA) is 46.6 Å². The van der Waals surface area contributed by atoms with Crippen LogP contribution in [0.2, 0.25) is 0 Å². The average molecular weight is 298 g/mol. The summed E-state index contributed by atoms with van der Waals surface area (Å²) >= 11 is 5.68. The van der Waals surface area contributed by atoms with Gasteiger partial charge < -0.3 is 4.74 Å². The number of rotatable bonds is 5. The Morgan fingerprint density at radius 3 is 2.30 bits per heavy atom. The average Bonchev–Trinajstić information content (AvgIpc) is 2.42. The lowest BCUT2D eigenvalue weighted by Crippen LogP contribution is -2.45. The number of ether oxygens (including phenoxy) is 1. The lowest BCUT2D eigenvalue weighted by Gasteiger charge is -2.30. The number of aryl methyl sites for hydroxylation is 2. The second-order valence-electron chi connectivity index (χ2n) is 4.57. The molecule has 1 atom stereocenters. The van der Waals surface area contributed by atoms with Crippen molar-refractivity contribution in [1.29, 1.82) is 0 Å². The molecule has 0 aromatic heterocycles. The summed E-state index contributed by atoms with van der Waals surface area (Å²) < 4.78 is 5.00. The number of carbonyl (C=O) groups is 2. The quantitative estimate of drug-likeness (QED) is 0.620. The van der Waals surface area contributed by atoms with E-state index in [1.54, 1.807) is 13.8 Å². The third-order valence-corrected chi connectivity index (χ3v) is 3.31. The van der Waals surface area contributed by atoms with Gasteiger partial charge in [0.25, 0.3) is 0 Å². The maximum absolute atomic E-state index is 12.2. The van der Waals surface area contributed by atoms with E-state index < -0.39 is 12.0 Å². The molecule has 0 saturated carbocycles. The molecular formula is C15H20ClNO3. The summed E-state index contributed by atoms with van der Waals surface area (Å²) in [7, 11) is 0. The number of hydrogen-bond donors (Lipinski definition) is 0. The molecule has 110 valence electrons. The van der Waals surface area contributed by atoms with E-state index in [-0.39, 0.29) is 18.4 Å². The van der Waals surface area contributed by atoms with Crippen molar-refractivity contribution in [3.63, 3.8) is 0 Å². The monoisotopic (exact) mass is 297 g/mol. The van der Waals surface area contributed by atoms with Crippen LogP contribution in [0.4, 0.5) is 5.69 Å². The highest BCUT2D eigenvalue weighted by atomic mass is 35.5. The van der Waals surface area contributed by atoms with Crippen molar-refractivity contribution in [2.45, 2.75) is 33.7 Å². The summed E-state index contributed by atoms with van der Waals surface area (Å²) in [5.41, 5.74) is 2.55. The molecule has 0 aliphatic heterocycles. The van der Waals surface area contributed by atoms with Gasteiger partial charge in [-0.1, -0.05) is 18.2 Å². The summed E-state index contributed by atoms with van der Waals surface area (Å²) in [6.07, 6.45) is 0. The van der Waals surface area contributed by atoms with Crippen LogP contribution in [0.5, 0.6) is 0 Å². The van der Waals surface area contributed by atoms with Gasteiger partial charge in [-0.2, -0.15) is 0 Å². The van der Waals surface area contributed by atoms with Crippen molar-refractivity contribution < 1.29 is 14.3 Å². The fourth-order valence-corrected chi connectivity index (χ4v) is 2.28. The van der Waals surface area contributed by atoms with Gasteiger partial charge in [-0.05, 0) is 38.8 Å². The first-order valence-corrected chi connectivity index (χ1v) is 7.08. The normalized spacial score (nSPS) is 11.8. The summed E-state index contributed by atoms with van der Waals surface area (Å²) in [6.45, 7) is 7.45. The van der Waals surface area contributed by atoms with Crippen molar-refractivity contribution >= 4 is 29.2 Å². The minimum atomic E-state index is -0.707. The molecule has 0 unspecified atom stereocenters. The van der Waals surface area contributed by atoms with E-state index in [4.69, 9.17) is 16.3 Å². The molecule has 0 aliphatic rings. The van der Waals surface area contributed by atoms with Crippen molar-refractivity contribution in [1.82, 2.24) is 0 Å². The molecule has 0 N–H and O–H groups in total. The Labute approximate surface area is 124 Å². The van der Waals surface area contributed by atoms with E-state index in [1.165, 1.54) is 4.90 Å². The number of anilines is 1. The second kappa shape index (κ2) is 7.29. The lowest BCUT2D eigenvalue weighted by atomic mass is 10.1. The number of carbonyl (C=O) groups excluding carboxylic acids is 2. The Balaban J connectivity index is 3.26. The van der Waals surface area contributed by atoms with Gasteiger partial charge in [-0.3, -0.25) is 9.69 Å². The van der Waals surface area contributed by atoms with Crippen LogP contribution in [0, 0.1) is 13.8 Å². The largest absolute Gasteiger partial charge is 0.464 e. The molecule has 0 radical (unpaired) electrons. The van der Waals surface area contributed by atoms with E-state index in [2.05, 4.69) is 0 Å². The van der Waals surface area contributed by atoms with Crippen molar-refractivity contribution in [3.8, 4) is 0 Å². The van der Waals surface area contributed by atoms with Gasteiger partial charge in [0.2, 0.25) is 5.91 Å². The fourth-order valence-electron chi connectivity index (χ4n) is 2.15. The van der Waals surface area contributed by atoms with Crippen LogP contribution in [0.25, 0.3) is 0 Å². The molecule has 0 heterocycles. The molecule has 4 nitrogen and oxygen atoms in total. The van der Waals surface area contributed by atoms with Gasteiger partial charge in [-0.15, -0.1) is 11.6 Å². The van der Waals surface area contributed by atoms with Crippen LogP contribution < -0.4 is 4.90 Å². The third kappa shape index (κ3) is 3.51. The summed E-state index contributed by atoms with van der Waals surface area (Å²) in [5, 5.41) is 0. The second-order valence-corrected chi connectivity index (χ2v) is 4.83. The fraction of sp³-hybridized carbons (Fsp3) is 0.467. The molecule has 1 aromatic carbocycles. The summed E-state index contributed by atoms with van der Waals surface area (Å²) in [6, 6.07) is 5.00. The van der Waals surface area contributed by atoms with Crippen LogP contribution >= 0.6 is 11.6 Å². The van der Waals surface area contributed by atoms with Gasteiger partial charge >= 0.3 is 5.97 Å². The zero-order chi connectivity index (χ0) is 15.3. The standard InChI is InChI=1S/C15H20ClNO3/c1-5-20-15(19)12(4)17(13(18)9-16)14-10(2)7-6-8-11(14)3/h6-8,12H,5,9H2,1-4H3/t12-/m0/s1. The highest BCUT2D eigenvalue weighted by molar-refractivity contribution is 6.29. The molecule has 0 bridgehead atoms. The smallest absolute Gasteiger partial charge is 0.328 e. The molecule has 0 fully saturated rings. The minimum absolute atomic E-state index is 0.183. The lowest BCUT2D eigenvalue weighted by molar-refractivity contribution is -0.145. The van der Waals surface area contributed by atoms with Crippen molar-refractivity contribution in [2.75, 3.05) is 17.4 Å². The van der Waals surface area contributed by atoms with E-state index in [1.807, 2.05) is 32.0 Å². The Morgan fingerprint density at radius 1 is 1.30 bits per heavy atom. The van der Waals surface area contributed by atoms with Crippen molar-refractivity contribution in [3.05, 3.63) is 29.3 Å².